The zero-order chi connectivity index (χ0) is 30.6. The van der Waals surface area contributed by atoms with E-state index in [1.54, 1.807) is 26.9 Å². The summed E-state index contributed by atoms with van der Waals surface area (Å²) in [6, 6.07) is 17.7. The highest BCUT2D eigenvalue weighted by Crippen LogP contribution is 2.59. The van der Waals surface area contributed by atoms with E-state index < -0.39 is 35.6 Å². The lowest BCUT2D eigenvalue weighted by atomic mass is 9.70. The van der Waals surface area contributed by atoms with Crippen LogP contribution in [-0.4, -0.2) is 87.6 Å². The quantitative estimate of drug-likeness (QED) is 0.342. The van der Waals surface area contributed by atoms with E-state index in [0.29, 0.717) is 38.9 Å². The number of aliphatic hydroxyl groups is 1. The second-order valence-electron chi connectivity index (χ2n) is 11.9. The van der Waals surface area contributed by atoms with Crippen LogP contribution in [0.1, 0.15) is 37.3 Å². The Balaban J connectivity index is 1.57. The van der Waals surface area contributed by atoms with Gasteiger partial charge in [0.25, 0.3) is 0 Å². The summed E-state index contributed by atoms with van der Waals surface area (Å²) >= 11 is 0. The van der Waals surface area contributed by atoms with E-state index in [4.69, 9.17) is 4.74 Å². The lowest BCUT2D eigenvalue weighted by Gasteiger charge is -2.39. The minimum absolute atomic E-state index is 0.129. The van der Waals surface area contributed by atoms with Gasteiger partial charge in [0, 0.05) is 26.2 Å². The van der Waals surface area contributed by atoms with Gasteiger partial charge in [-0.15, -0.1) is 13.2 Å². The van der Waals surface area contributed by atoms with Crippen LogP contribution in [0.3, 0.4) is 0 Å². The van der Waals surface area contributed by atoms with Crippen LogP contribution in [0.2, 0.25) is 0 Å². The Kier molecular flexibility index (Phi) is 9.47. The van der Waals surface area contributed by atoms with Crippen molar-refractivity contribution in [2.75, 3.05) is 26.2 Å². The number of carbonyl (C=O) groups excluding carboxylic acids is 3. The number of carbonyl (C=O) groups is 3. The van der Waals surface area contributed by atoms with Crippen LogP contribution in [0.4, 0.5) is 0 Å². The molecule has 0 aromatic heterocycles. The van der Waals surface area contributed by atoms with Crippen LogP contribution in [0.25, 0.3) is 0 Å². The van der Waals surface area contributed by atoms with Gasteiger partial charge >= 0.3 is 0 Å². The number of hydrogen-bond acceptors (Lipinski definition) is 5. The maximum atomic E-state index is 14.7. The molecular formula is C35H43N3O5. The topological polar surface area (TPSA) is 90.4 Å². The molecule has 0 saturated carbocycles. The Hall–Kier alpha value is -3.75. The van der Waals surface area contributed by atoms with Crippen molar-refractivity contribution in [3.05, 3.63) is 97.1 Å². The van der Waals surface area contributed by atoms with E-state index in [-0.39, 0.29) is 30.9 Å². The molecule has 8 nitrogen and oxygen atoms in total. The number of benzene rings is 2. The summed E-state index contributed by atoms with van der Waals surface area (Å²) in [5, 5.41) is 10.7. The van der Waals surface area contributed by atoms with Crippen molar-refractivity contribution in [3.8, 4) is 0 Å². The maximum Gasteiger partial charge on any atom is 0.249 e. The number of aliphatic hydroxyl groups excluding tert-OH is 1. The molecule has 1 N–H and O–H groups in total. The molecule has 0 aliphatic carbocycles. The van der Waals surface area contributed by atoms with Gasteiger partial charge in [-0.2, -0.15) is 0 Å². The molecule has 2 aromatic carbocycles. The zero-order valence-corrected chi connectivity index (χ0v) is 25.0. The highest BCUT2D eigenvalue weighted by atomic mass is 16.5. The number of hydrogen-bond donors (Lipinski definition) is 1. The third-order valence-electron chi connectivity index (χ3n) is 9.21. The van der Waals surface area contributed by atoms with Gasteiger partial charge < -0.3 is 24.5 Å². The van der Waals surface area contributed by atoms with Crippen molar-refractivity contribution < 1.29 is 24.2 Å². The number of rotatable bonds is 14. The molecule has 3 aliphatic heterocycles. The Labute approximate surface area is 254 Å². The van der Waals surface area contributed by atoms with Crippen LogP contribution in [0, 0.1) is 11.8 Å². The molecule has 3 saturated heterocycles. The van der Waals surface area contributed by atoms with Crippen molar-refractivity contribution in [2.24, 2.45) is 11.8 Å². The first kappa shape index (κ1) is 30.7. The van der Waals surface area contributed by atoms with E-state index in [1.807, 2.05) is 67.6 Å². The smallest absolute Gasteiger partial charge is 0.249 e. The normalized spacial score (nSPS) is 26.2. The molecule has 1 spiro atoms. The summed E-state index contributed by atoms with van der Waals surface area (Å²) in [7, 11) is 0. The second kappa shape index (κ2) is 13.3. The molecule has 5 rings (SSSR count). The molecule has 228 valence electrons. The number of fused-ring (bicyclic) bond motifs is 1. The predicted molar refractivity (Wildman–Crippen MR) is 165 cm³/mol. The first-order valence-electron chi connectivity index (χ1n) is 15.4. The number of nitrogens with zero attached hydrogens (tertiary/aromatic N) is 3. The molecule has 3 amide bonds. The van der Waals surface area contributed by atoms with E-state index in [2.05, 4.69) is 13.2 Å². The maximum absolute atomic E-state index is 14.7. The lowest BCUT2D eigenvalue weighted by Crippen LogP contribution is -2.59. The first-order chi connectivity index (χ1) is 20.9. The van der Waals surface area contributed by atoms with Gasteiger partial charge in [0.2, 0.25) is 17.7 Å². The van der Waals surface area contributed by atoms with Crippen LogP contribution < -0.4 is 0 Å². The molecule has 3 fully saturated rings. The number of likely N-dealkylation sites (tertiary alicyclic amines) is 1. The predicted octanol–water partition coefficient (Wildman–Crippen LogP) is 3.60. The van der Waals surface area contributed by atoms with Gasteiger partial charge in [0.1, 0.15) is 11.6 Å². The van der Waals surface area contributed by atoms with Gasteiger partial charge in [-0.25, -0.2) is 0 Å². The Morgan fingerprint density at radius 3 is 2.26 bits per heavy atom. The Morgan fingerprint density at radius 1 is 1.02 bits per heavy atom. The van der Waals surface area contributed by atoms with E-state index in [9.17, 15) is 19.5 Å². The molecule has 2 bridgehead atoms. The third kappa shape index (κ3) is 5.66. The summed E-state index contributed by atoms with van der Waals surface area (Å²) in [6.07, 6.45) is 5.18. The number of ether oxygens (including phenoxy) is 1. The molecule has 3 heterocycles. The van der Waals surface area contributed by atoms with Crippen molar-refractivity contribution >= 4 is 17.7 Å². The minimum Gasteiger partial charge on any atom is -0.394 e. The van der Waals surface area contributed by atoms with Gasteiger partial charge in [-0.3, -0.25) is 14.4 Å². The fourth-order valence-corrected chi connectivity index (χ4v) is 7.48. The van der Waals surface area contributed by atoms with Crippen molar-refractivity contribution in [2.45, 2.75) is 62.9 Å². The molecular weight excluding hydrogens is 542 g/mol. The van der Waals surface area contributed by atoms with Gasteiger partial charge in [0.15, 0.2) is 0 Å². The SMILES string of the molecule is C=CCN(Cc1ccccc1)C(=O)C1N([C@@H](CO)Cc2ccccc2)C(=O)[C@@H]2[C@@H](C(=O)N(CC=C)CCC)[C@H]3CCC12O3. The molecule has 0 radical (unpaired) electrons. The van der Waals surface area contributed by atoms with Crippen LogP contribution in [0.5, 0.6) is 0 Å². The van der Waals surface area contributed by atoms with E-state index in [1.165, 1.54) is 0 Å². The summed E-state index contributed by atoms with van der Waals surface area (Å²) in [4.78, 5) is 48.4. The van der Waals surface area contributed by atoms with Crippen LogP contribution in [0.15, 0.2) is 86.0 Å². The zero-order valence-electron chi connectivity index (χ0n) is 25.0. The van der Waals surface area contributed by atoms with Gasteiger partial charge in [-0.1, -0.05) is 79.7 Å². The summed E-state index contributed by atoms with van der Waals surface area (Å²) in [5.74, 6) is -2.16. The highest BCUT2D eigenvalue weighted by Gasteiger charge is 2.75. The summed E-state index contributed by atoms with van der Waals surface area (Å²) < 4.78 is 6.69. The van der Waals surface area contributed by atoms with Crippen molar-refractivity contribution in [1.29, 1.82) is 0 Å². The summed E-state index contributed by atoms with van der Waals surface area (Å²) in [6.45, 7) is 10.9. The van der Waals surface area contributed by atoms with Crippen molar-refractivity contribution in [1.82, 2.24) is 14.7 Å². The van der Waals surface area contributed by atoms with Crippen molar-refractivity contribution in [3.63, 3.8) is 0 Å². The average molecular weight is 586 g/mol. The molecule has 2 aromatic rings. The Morgan fingerprint density at radius 2 is 1.65 bits per heavy atom. The summed E-state index contributed by atoms with van der Waals surface area (Å²) in [5.41, 5.74) is 0.751. The van der Waals surface area contributed by atoms with Gasteiger partial charge in [-0.05, 0) is 36.8 Å². The lowest BCUT2D eigenvalue weighted by molar-refractivity contribution is -0.152. The fraction of sp³-hybridized carbons (Fsp3) is 0.457. The third-order valence-corrected chi connectivity index (χ3v) is 9.21. The standard InChI is InChI=1S/C35H43N3O5/c1-4-19-36(20-5-2)32(40)29-28-17-18-35(43-28)30(29)33(41)38(27(24-39)22-25-13-9-7-10-14-25)31(35)34(42)37(21-6-3)23-26-15-11-8-12-16-26/h4,6-16,27-31,39H,1,3,5,17-24H2,2H3/t27-,28-,29+,30+,31?,35?/m1/s1. The molecule has 8 heteroatoms. The van der Waals surface area contributed by atoms with Gasteiger partial charge in [0.05, 0.1) is 30.6 Å². The fourth-order valence-electron chi connectivity index (χ4n) is 7.48. The molecule has 6 atom stereocenters. The highest BCUT2D eigenvalue weighted by molar-refractivity contribution is 5.99. The minimum atomic E-state index is -1.15. The molecule has 3 aliphatic rings. The monoisotopic (exact) mass is 585 g/mol. The van der Waals surface area contributed by atoms with E-state index >= 15 is 0 Å². The number of amides is 3. The van der Waals surface area contributed by atoms with Crippen LogP contribution in [-0.2, 0) is 32.1 Å². The second-order valence-corrected chi connectivity index (χ2v) is 11.9. The average Bonchev–Trinajstić information content (AvgIpc) is 3.67. The Bertz CT molecular complexity index is 1320. The largest absolute Gasteiger partial charge is 0.394 e. The van der Waals surface area contributed by atoms with E-state index in [0.717, 1.165) is 17.5 Å². The van der Waals surface area contributed by atoms with Crippen LogP contribution >= 0.6 is 0 Å². The molecule has 43 heavy (non-hydrogen) atoms. The first-order valence-corrected chi connectivity index (χ1v) is 15.4. The molecule has 2 unspecified atom stereocenters.